The van der Waals surface area contributed by atoms with E-state index in [9.17, 15) is 4.79 Å². The van der Waals surface area contributed by atoms with Crippen molar-refractivity contribution in [3.05, 3.63) is 0 Å². The smallest absolute Gasteiger partial charge is 0.338 e. The number of hydrogen-bond donors (Lipinski definition) is 0. The zero-order chi connectivity index (χ0) is 19.0. The Bertz CT molecular complexity index is 536. The quantitative estimate of drug-likeness (QED) is 0.673. The molecule has 3 heterocycles. The fourth-order valence-corrected chi connectivity index (χ4v) is 4.29. The first-order valence-corrected chi connectivity index (χ1v) is 9.06. The van der Waals surface area contributed by atoms with Crippen LogP contribution in [0.15, 0.2) is 0 Å². The molecule has 6 heteroatoms. The highest BCUT2D eigenvalue weighted by atomic mass is 16.9. The van der Waals surface area contributed by atoms with Crippen LogP contribution in [0.25, 0.3) is 0 Å². The topological polar surface area (TPSA) is 63.2 Å². The van der Waals surface area contributed by atoms with Gasteiger partial charge in [0.2, 0.25) is 0 Å². The summed E-state index contributed by atoms with van der Waals surface area (Å²) < 4.78 is 30.3. The minimum atomic E-state index is -0.838. The van der Waals surface area contributed by atoms with Crippen LogP contribution in [0.4, 0.5) is 0 Å². The Kier molecular flexibility index (Phi) is 4.13. The van der Waals surface area contributed by atoms with Crippen molar-refractivity contribution in [2.45, 2.75) is 104 Å². The Morgan fingerprint density at radius 3 is 1.88 bits per heavy atom. The van der Waals surface area contributed by atoms with Crippen molar-refractivity contribution in [3.63, 3.8) is 0 Å². The summed E-state index contributed by atoms with van der Waals surface area (Å²) in [5, 5.41) is 0. The summed E-state index contributed by atoms with van der Waals surface area (Å²) in [6.45, 7) is 18.2. The van der Waals surface area contributed by atoms with Gasteiger partial charge in [-0.1, -0.05) is 41.5 Å². The Labute approximate surface area is 150 Å². The van der Waals surface area contributed by atoms with E-state index in [1.807, 2.05) is 20.8 Å². The molecule has 6 nitrogen and oxygen atoms in total. The van der Waals surface area contributed by atoms with Gasteiger partial charge in [-0.2, -0.15) is 0 Å². The van der Waals surface area contributed by atoms with Crippen LogP contribution in [0.5, 0.6) is 0 Å². The molecule has 144 valence electrons. The number of hydrogen-bond acceptors (Lipinski definition) is 6. The molecule has 0 bridgehead atoms. The summed E-state index contributed by atoms with van der Waals surface area (Å²) in [7, 11) is 0. The Morgan fingerprint density at radius 1 is 0.840 bits per heavy atom. The molecule has 0 spiro atoms. The fourth-order valence-electron chi connectivity index (χ4n) is 4.29. The highest BCUT2D eigenvalue weighted by Gasteiger charge is 2.69. The van der Waals surface area contributed by atoms with Crippen LogP contribution in [-0.2, 0) is 28.5 Å². The Morgan fingerprint density at radius 2 is 1.40 bits per heavy atom. The molecule has 1 unspecified atom stereocenters. The van der Waals surface area contributed by atoms with Crippen LogP contribution >= 0.6 is 0 Å². The van der Waals surface area contributed by atoms with E-state index in [1.165, 1.54) is 0 Å². The second kappa shape index (κ2) is 5.41. The average Bonchev–Trinajstić information content (AvgIpc) is 2.97. The molecule has 3 aliphatic rings. The highest BCUT2D eigenvalue weighted by molar-refractivity contribution is 5.78. The van der Waals surface area contributed by atoms with Crippen LogP contribution in [0.3, 0.4) is 0 Å². The minimum Gasteiger partial charge on any atom is -0.454 e. The first-order valence-electron chi connectivity index (χ1n) is 9.06. The van der Waals surface area contributed by atoms with Gasteiger partial charge in [0.15, 0.2) is 30.4 Å². The predicted octanol–water partition coefficient (Wildman–Crippen LogP) is 3.02. The van der Waals surface area contributed by atoms with Crippen LogP contribution in [-0.4, -0.2) is 48.1 Å². The van der Waals surface area contributed by atoms with Crippen LogP contribution in [0, 0.1) is 10.8 Å². The van der Waals surface area contributed by atoms with Gasteiger partial charge in [0.05, 0.1) is 5.60 Å². The molecule has 0 aromatic heterocycles. The fraction of sp³-hybridized carbons (Fsp3) is 0.947. The molecular weight excluding hydrogens is 324 g/mol. The monoisotopic (exact) mass is 356 g/mol. The van der Waals surface area contributed by atoms with Crippen LogP contribution in [0.2, 0.25) is 0 Å². The number of ether oxygens (including phenoxy) is 5. The summed E-state index contributed by atoms with van der Waals surface area (Å²) >= 11 is 0. The maximum Gasteiger partial charge on any atom is 0.338 e. The van der Waals surface area contributed by atoms with Crippen molar-refractivity contribution in [1.29, 1.82) is 0 Å². The van der Waals surface area contributed by atoms with Crippen LogP contribution < -0.4 is 0 Å². The first kappa shape index (κ1) is 19.1. The number of carbonyl (C=O) groups is 1. The zero-order valence-electron chi connectivity index (χ0n) is 16.8. The summed E-state index contributed by atoms with van der Waals surface area (Å²) in [6, 6.07) is 0. The standard InChI is InChI=1S/C19H32O6/c1-16(2,3)19(17(4,5)6)24-13-11-10(22-15(13)25-19)12(14(20)21-11)23-18(7,8)9/h10-13,15H,1-9H3/t10-,11?,12-,13+,15+/m0/s1. The second-order valence-electron chi connectivity index (χ2n) is 10.3. The number of rotatable bonds is 1. The third-order valence-corrected chi connectivity index (χ3v) is 5.03. The van der Waals surface area contributed by atoms with Gasteiger partial charge in [0.1, 0.15) is 6.10 Å². The maximum absolute atomic E-state index is 12.3. The molecule has 25 heavy (non-hydrogen) atoms. The second-order valence-corrected chi connectivity index (χ2v) is 10.3. The lowest BCUT2D eigenvalue weighted by atomic mass is 9.70. The Hall–Kier alpha value is -0.690. The molecule has 3 fully saturated rings. The first-order chi connectivity index (χ1) is 11.2. The van der Waals surface area contributed by atoms with Crippen molar-refractivity contribution in [1.82, 2.24) is 0 Å². The molecule has 0 aromatic carbocycles. The van der Waals surface area contributed by atoms with E-state index in [1.54, 1.807) is 0 Å². The average molecular weight is 356 g/mol. The molecule has 0 radical (unpaired) electrons. The van der Waals surface area contributed by atoms with Gasteiger partial charge in [0, 0.05) is 10.8 Å². The molecule has 3 rings (SSSR count). The largest absolute Gasteiger partial charge is 0.454 e. The van der Waals surface area contributed by atoms with E-state index in [0.717, 1.165) is 0 Å². The molecule has 0 aliphatic carbocycles. The SMILES string of the molecule is CC(C)(C)O[C@@H]1C(=O)OC2[C@H]3OC(C(C)(C)C)(C(C)(C)C)O[C@H]3O[C@@H]21. The van der Waals surface area contributed by atoms with Gasteiger partial charge in [-0.25, -0.2) is 4.79 Å². The van der Waals surface area contributed by atoms with Crippen molar-refractivity contribution in [3.8, 4) is 0 Å². The Balaban J connectivity index is 1.85. The lowest BCUT2D eigenvalue weighted by molar-refractivity contribution is -0.322. The van der Waals surface area contributed by atoms with Gasteiger partial charge in [-0.15, -0.1) is 0 Å². The van der Waals surface area contributed by atoms with Gasteiger partial charge in [-0.05, 0) is 20.8 Å². The van der Waals surface area contributed by atoms with Gasteiger partial charge >= 0.3 is 5.97 Å². The van der Waals surface area contributed by atoms with Crippen molar-refractivity contribution in [2.24, 2.45) is 10.8 Å². The van der Waals surface area contributed by atoms with Gasteiger partial charge < -0.3 is 23.7 Å². The molecule has 0 aromatic rings. The lowest BCUT2D eigenvalue weighted by Gasteiger charge is -2.49. The molecular formula is C19H32O6. The highest BCUT2D eigenvalue weighted by Crippen LogP contribution is 2.56. The summed E-state index contributed by atoms with van der Waals surface area (Å²) in [6.07, 6.45) is -2.76. The van der Waals surface area contributed by atoms with Crippen molar-refractivity contribution in [2.75, 3.05) is 0 Å². The third kappa shape index (κ3) is 2.91. The molecule has 5 atom stereocenters. The van der Waals surface area contributed by atoms with E-state index in [0.29, 0.717) is 0 Å². The lowest BCUT2D eigenvalue weighted by Crippen LogP contribution is -2.55. The minimum absolute atomic E-state index is 0.279. The predicted molar refractivity (Wildman–Crippen MR) is 90.8 cm³/mol. The molecule has 3 saturated heterocycles. The number of esters is 1. The molecule has 0 N–H and O–H groups in total. The van der Waals surface area contributed by atoms with E-state index in [4.69, 9.17) is 23.7 Å². The molecule has 3 aliphatic heterocycles. The van der Waals surface area contributed by atoms with E-state index >= 15 is 0 Å². The third-order valence-electron chi connectivity index (χ3n) is 5.03. The normalized spacial score (nSPS) is 37.8. The summed E-state index contributed by atoms with van der Waals surface area (Å²) in [5.41, 5.74) is -1.03. The number of fused-ring (bicyclic) bond motifs is 3. The number of carbonyl (C=O) groups excluding carboxylic acids is 1. The summed E-state index contributed by atoms with van der Waals surface area (Å²) in [5.74, 6) is -1.23. The van der Waals surface area contributed by atoms with Crippen molar-refractivity contribution >= 4 is 5.97 Å². The molecule has 0 amide bonds. The van der Waals surface area contributed by atoms with E-state index in [-0.39, 0.29) is 10.8 Å². The van der Waals surface area contributed by atoms with E-state index < -0.39 is 48.1 Å². The molecule has 0 saturated carbocycles. The van der Waals surface area contributed by atoms with Crippen molar-refractivity contribution < 1.29 is 28.5 Å². The van der Waals surface area contributed by atoms with Gasteiger partial charge in [0.25, 0.3) is 0 Å². The van der Waals surface area contributed by atoms with E-state index in [2.05, 4.69) is 41.5 Å². The van der Waals surface area contributed by atoms with Crippen LogP contribution in [0.1, 0.15) is 62.3 Å². The zero-order valence-corrected chi connectivity index (χ0v) is 16.8. The van der Waals surface area contributed by atoms with Gasteiger partial charge in [-0.3, -0.25) is 0 Å². The maximum atomic E-state index is 12.3. The summed E-state index contributed by atoms with van der Waals surface area (Å²) in [4.78, 5) is 12.3.